The molecule has 1 fully saturated rings. The molecule has 1 unspecified atom stereocenters. The summed E-state index contributed by atoms with van der Waals surface area (Å²) in [6.45, 7) is 7.52. The predicted molar refractivity (Wildman–Crippen MR) is 85.2 cm³/mol. The van der Waals surface area contributed by atoms with Crippen LogP contribution in [0.1, 0.15) is 39.2 Å². The van der Waals surface area contributed by atoms with Gasteiger partial charge in [0.05, 0.1) is 12.6 Å². The van der Waals surface area contributed by atoms with Gasteiger partial charge in [-0.2, -0.15) is 5.48 Å². The minimum atomic E-state index is -0.457. The van der Waals surface area contributed by atoms with E-state index >= 15 is 0 Å². The zero-order valence-electron chi connectivity index (χ0n) is 13.7. The Balaban J connectivity index is 1.75. The first kappa shape index (κ1) is 16.8. The molecule has 0 aromatic heterocycles. The third-order valence-corrected chi connectivity index (χ3v) is 3.40. The fourth-order valence-corrected chi connectivity index (χ4v) is 2.38. The van der Waals surface area contributed by atoms with Crippen molar-refractivity contribution in [2.24, 2.45) is 0 Å². The van der Waals surface area contributed by atoms with Gasteiger partial charge in [0.15, 0.2) is 0 Å². The van der Waals surface area contributed by atoms with Crippen LogP contribution in [0.3, 0.4) is 0 Å². The molecule has 1 amide bonds. The molecule has 0 spiro atoms. The van der Waals surface area contributed by atoms with Crippen molar-refractivity contribution in [1.82, 2.24) is 10.4 Å². The lowest BCUT2D eigenvalue weighted by Crippen LogP contribution is -2.49. The topological polar surface area (TPSA) is 50.8 Å². The Hall–Kier alpha value is -1.59. The van der Waals surface area contributed by atoms with Crippen molar-refractivity contribution in [3.8, 4) is 0 Å². The van der Waals surface area contributed by atoms with Crippen LogP contribution in [0.15, 0.2) is 30.3 Å². The summed E-state index contributed by atoms with van der Waals surface area (Å²) >= 11 is 0. The first-order valence-electron chi connectivity index (χ1n) is 7.83. The first-order chi connectivity index (χ1) is 10.4. The molecule has 1 aromatic rings. The number of nitrogens with zero attached hydrogens (tertiary/aromatic N) is 1. The van der Waals surface area contributed by atoms with E-state index < -0.39 is 5.60 Å². The number of ether oxygens (including phenoxy) is 1. The van der Waals surface area contributed by atoms with E-state index in [1.54, 1.807) is 4.90 Å². The Morgan fingerprint density at radius 2 is 2.05 bits per heavy atom. The standard InChI is InChI=1S/C17H26N2O3/c1-17(2,3)22-16(20)19-11-7-10-15(12-19)18-21-13-14-8-5-4-6-9-14/h4-6,8-9,15,18H,7,10-13H2,1-3H3. The number of piperidine rings is 1. The largest absolute Gasteiger partial charge is 0.444 e. The quantitative estimate of drug-likeness (QED) is 0.868. The van der Waals surface area contributed by atoms with Crippen molar-refractivity contribution >= 4 is 6.09 Å². The highest BCUT2D eigenvalue weighted by Crippen LogP contribution is 2.15. The van der Waals surface area contributed by atoms with E-state index in [4.69, 9.17) is 9.57 Å². The minimum absolute atomic E-state index is 0.144. The van der Waals surface area contributed by atoms with E-state index in [1.807, 2.05) is 51.1 Å². The van der Waals surface area contributed by atoms with Crippen LogP contribution in [0.2, 0.25) is 0 Å². The van der Waals surface area contributed by atoms with Crippen molar-refractivity contribution in [2.45, 2.75) is 51.9 Å². The number of likely N-dealkylation sites (tertiary alicyclic amines) is 1. The van der Waals surface area contributed by atoms with Gasteiger partial charge in [0, 0.05) is 13.1 Å². The fourth-order valence-electron chi connectivity index (χ4n) is 2.38. The van der Waals surface area contributed by atoms with Gasteiger partial charge in [0.25, 0.3) is 0 Å². The summed E-state index contributed by atoms with van der Waals surface area (Å²) in [5.74, 6) is 0. The summed E-state index contributed by atoms with van der Waals surface area (Å²) in [7, 11) is 0. The Bertz CT molecular complexity index is 471. The van der Waals surface area contributed by atoms with Gasteiger partial charge in [-0.3, -0.25) is 4.84 Å². The van der Waals surface area contributed by atoms with Gasteiger partial charge in [0.1, 0.15) is 5.60 Å². The van der Waals surface area contributed by atoms with Crippen molar-refractivity contribution in [3.05, 3.63) is 35.9 Å². The molecular weight excluding hydrogens is 280 g/mol. The molecule has 1 N–H and O–H groups in total. The van der Waals surface area contributed by atoms with Gasteiger partial charge in [0.2, 0.25) is 0 Å². The number of hydroxylamine groups is 1. The number of hydrogen-bond acceptors (Lipinski definition) is 4. The maximum atomic E-state index is 12.1. The summed E-state index contributed by atoms with van der Waals surface area (Å²) in [5, 5.41) is 0. The van der Waals surface area contributed by atoms with Crippen molar-refractivity contribution in [2.75, 3.05) is 13.1 Å². The number of amides is 1. The van der Waals surface area contributed by atoms with Crippen LogP contribution >= 0.6 is 0 Å². The molecule has 0 aliphatic carbocycles. The third-order valence-electron chi connectivity index (χ3n) is 3.40. The van der Waals surface area contributed by atoms with Gasteiger partial charge in [-0.05, 0) is 39.2 Å². The smallest absolute Gasteiger partial charge is 0.410 e. The highest BCUT2D eigenvalue weighted by atomic mass is 16.6. The molecule has 0 saturated carbocycles. The summed E-state index contributed by atoms with van der Waals surface area (Å²) in [6, 6.07) is 10.2. The fraction of sp³-hybridized carbons (Fsp3) is 0.588. The summed E-state index contributed by atoms with van der Waals surface area (Å²) < 4.78 is 5.42. The first-order valence-corrected chi connectivity index (χ1v) is 7.83. The lowest BCUT2D eigenvalue weighted by Gasteiger charge is -2.34. The number of carbonyl (C=O) groups is 1. The molecule has 0 radical (unpaired) electrons. The van der Waals surface area contributed by atoms with Gasteiger partial charge < -0.3 is 9.64 Å². The molecular formula is C17H26N2O3. The Morgan fingerprint density at radius 3 is 2.73 bits per heavy atom. The van der Waals surface area contributed by atoms with E-state index in [0.717, 1.165) is 24.9 Å². The van der Waals surface area contributed by atoms with E-state index in [0.29, 0.717) is 13.2 Å². The molecule has 1 aliphatic heterocycles. The second-order valence-corrected chi connectivity index (χ2v) is 6.66. The predicted octanol–water partition coefficient (Wildman–Crippen LogP) is 3.11. The van der Waals surface area contributed by atoms with Crippen LogP contribution in [0, 0.1) is 0 Å². The van der Waals surface area contributed by atoms with Crippen LogP contribution in [0.25, 0.3) is 0 Å². The SMILES string of the molecule is CC(C)(C)OC(=O)N1CCCC(NOCc2ccccc2)C1. The molecule has 1 saturated heterocycles. The van der Waals surface area contributed by atoms with Crippen molar-refractivity contribution in [1.29, 1.82) is 0 Å². The zero-order chi connectivity index (χ0) is 16.0. The number of benzene rings is 1. The second kappa shape index (κ2) is 7.61. The van der Waals surface area contributed by atoms with Gasteiger partial charge in [-0.15, -0.1) is 0 Å². The average molecular weight is 306 g/mol. The van der Waals surface area contributed by atoms with Crippen LogP contribution in [-0.4, -0.2) is 35.7 Å². The highest BCUT2D eigenvalue weighted by molar-refractivity contribution is 5.68. The molecule has 5 heteroatoms. The van der Waals surface area contributed by atoms with Gasteiger partial charge in [-0.1, -0.05) is 30.3 Å². The minimum Gasteiger partial charge on any atom is -0.444 e. The van der Waals surface area contributed by atoms with E-state index in [1.165, 1.54) is 0 Å². The molecule has 122 valence electrons. The lowest BCUT2D eigenvalue weighted by atomic mass is 10.1. The van der Waals surface area contributed by atoms with Crippen LogP contribution in [-0.2, 0) is 16.2 Å². The average Bonchev–Trinajstić information content (AvgIpc) is 2.47. The molecule has 1 aliphatic rings. The lowest BCUT2D eigenvalue weighted by molar-refractivity contribution is -0.0228. The maximum Gasteiger partial charge on any atom is 0.410 e. The monoisotopic (exact) mass is 306 g/mol. The molecule has 1 aromatic carbocycles. The molecule has 1 heterocycles. The van der Waals surface area contributed by atoms with Gasteiger partial charge >= 0.3 is 6.09 Å². The van der Waals surface area contributed by atoms with Crippen molar-refractivity contribution < 1.29 is 14.4 Å². The number of nitrogens with one attached hydrogen (secondary N) is 1. The molecule has 22 heavy (non-hydrogen) atoms. The molecule has 5 nitrogen and oxygen atoms in total. The normalized spacial score (nSPS) is 19.0. The number of carbonyl (C=O) groups excluding carboxylic acids is 1. The Kier molecular flexibility index (Phi) is 5.80. The second-order valence-electron chi connectivity index (χ2n) is 6.66. The summed E-state index contributed by atoms with van der Waals surface area (Å²) in [5.41, 5.74) is 3.73. The van der Waals surface area contributed by atoms with E-state index in [9.17, 15) is 4.79 Å². The Labute approximate surface area is 132 Å². The number of rotatable bonds is 4. The van der Waals surface area contributed by atoms with Crippen LogP contribution in [0.4, 0.5) is 4.79 Å². The van der Waals surface area contributed by atoms with Crippen LogP contribution in [0.5, 0.6) is 0 Å². The summed E-state index contributed by atoms with van der Waals surface area (Å²) in [6.07, 6.45) is 1.70. The third kappa shape index (κ3) is 5.66. The maximum absolute atomic E-state index is 12.1. The Morgan fingerprint density at radius 1 is 1.32 bits per heavy atom. The number of hydrogen-bond donors (Lipinski definition) is 1. The molecule has 1 atom stereocenters. The van der Waals surface area contributed by atoms with E-state index in [2.05, 4.69) is 5.48 Å². The molecule has 2 rings (SSSR count). The van der Waals surface area contributed by atoms with Crippen molar-refractivity contribution in [3.63, 3.8) is 0 Å². The summed E-state index contributed by atoms with van der Waals surface area (Å²) in [4.78, 5) is 19.4. The van der Waals surface area contributed by atoms with E-state index in [-0.39, 0.29) is 12.1 Å². The molecule has 0 bridgehead atoms. The highest BCUT2D eigenvalue weighted by Gasteiger charge is 2.27. The zero-order valence-corrected chi connectivity index (χ0v) is 13.7. The van der Waals surface area contributed by atoms with Crippen LogP contribution < -0.4 is 5.48 Å². The van der Waals surface area contributed by atoms with Gasteiger partial charge in [-0.25, -0.2) is 4.79 Å².